The fourth-order valence-electron chi connectivity index (χ4n) is 4.32. The van der Waals surface area contributed by atoms with E-state index in [9.17, 15) is 14.0 Å². The number of anilines is 1. The zero-order valence-corrected chi connectivity index (χ0v) is 20.5. The molecule has 4 aromatic rings. The Kier molecular flexibility index (Phi) is 6.46. The Morgan fingerprint density at radius 3 is 2.64 bits per heavy atom. The van der Waals surface area contributed by atoms with Gasteiger partial charge in [0, 0.05) is 25.8 Å². The minimum atomic E-state index is -0.404. The summed E-state index contributed by atoms with van der Waals surface area (Å²) in [6.07, 6.45) is 3.26. The van der Waals surface area contributed by atoms with Gasteiger partial charge in [0.05, 0.1) is 22.3 Å². The lowest BCUT2D eigenvalue weighted by Crippen LogP contribution is -2.37. The van der Waals surface area contributed by atoms with Crippen molar-refractivity contribution in [3.63, 3.8) is 0 Å². The van der Waals surface area contributed by atoms with E-state index in [1.54, 1.807) is 18.2 Å². The minimum Gasteiger partial charge on any atom is -0.354 e. The van der Waals surface area contributed by atoms with Crippen LogP contribution < -0.4 is 15.5 Å². The summed E-state index contributed by atoms with van der Waals surface area (Å²) >= 11 is 12.0. The van der Waals surface area contributed by atoms with Crippen LogP contribution in [0.1, 0.15) is 39.0 Å². The second-order valence-corrected chi connectivity index (χ2v) is 9.11. The van der Waals surface area contributed by atoms with Crippen LogP contribution in [0.3, 0.4) is 0 Å². The molecule has 0 bridgehead atoms. The van der Waals surface area contributed by atoms with E-state index >= 15 is 0 Å². The highest BCUT2D eigenvalue weighted by atomic mass is 35.5. The van der Waals surface area contributed by atoms with Gasteiger partial charge in [-0.1, -0.05) is 35.3 Å². The molecule has 1 aliphatic heterocycles. The maximum Gasteiger partial charge on any atom is 0.271 e. The van der Waals surface area contributed by atoms with E-state index in [-0.39, 0.29) is 45.2 Å². The number of nitrogens with one attached hydrogen (secondary N) is 2. The second kappa shape index (κ2) is 9.71. The molecule has 2 N–H and O–H groups in total. The SMILES string of the molecule is CNC(=O)c1cnc2ccc(N3C[C@@H](NC(=O)c4cc(Cl)c(Cl)cn4)C[C@@H]3c3cccc(F)c3)nn12. The van der Waals surface area contributed by atoms with Crippen LogP contribution in [-0.2, 0) is 0 Å². The monoisotopic (exact) mass is 527 g/mol. The molecule has 5 rings (SSSR count). The van der Waals surface area contributed by atoms with Gasteiger partial charge in [-0.2, -0.15) is 0 Å². The molecular weight excluding hydrogens is 508 g/mol. The van der Waals surface area contributed by atoms with E-state index in [0.29, 0.717) is 24.4 Å². The molecule has 0 aliphatic carbocycles. The number of amides is 2. The highest BCUT2D eigenvalue weighted by molar-refractivity contribution is 6.42. The third kappa shape index (κ3) is 4.57. The Morgan fingerprint density at radius 2 is 1.89 bits per heavy atom. The van der Waals surface area contributed by atoms with Gasteiger partial charge in [-0.25, -0.2) is 18.9 Å². The predicted molar refractivity (Wildman–Crippen MR) is 133 cm³/mol. The molecule has 0 saturated carbocycles. The highest BCUT2D eigenvalue weighted by Crippen LogP contribution is 2.36. The van der Waals surface area contributed by atoms with E-state index in [1.807, 2.05) is 11.0 Å². The second-order valence-electron chi connectivity index (χ2n) is 8.30. The van der Waals surface area contributed by atoms with Gasteiger partial charge in [0.25, 0.3) is 11.8 Å². The lowest BCUT2D eigenvalue weighted by Gasteiger charge is -2.26. The number of rotatable bonds is 5. The summed E-state index contributed by atoms with van der Waals surface area (Å²) in [6, 6.07) is 10.7. The molecular formula is C24H20Cl2FN7O2. The van der Waals surface area contributed by atoms with Crippen molar-refractivity contribution in [3.8, 4) is 0 Å². The zero-order chi connectivity index (χ0) is 25.4. The molecule has 1 aliphatic rings. The number of fused-ring (bicyclic) bond motifs is 1. The minimum absolute atomic E-state index is 0.137. The topological polar surface area (TPSA) is 105 Å². The zero-order valence-electron chi connectivity index (χ0n) is 19.0. The number of nitrogens with zero attached hydrogens (tertiary/aromatic N) is 5. The molecule has 9 nitrogen and oxygen atoms in total. The van der Waals surface area contributed by atoms with Gasteiger partial charge in [0.2, 0.25) is 0 Å². The fraction of sp³-hybridized carbons (Fsp3) is 0.208. The third-order valence-corrected chi connectivity index (χ3v) is 6.72. The molecule has 0 spiro atoms. The van der Waals surface area contributed by atoms with Crippen LogP contribution in [-0.4, -0.2) is 51.0 Å². The molecule has 1 saturated heterocycles. The average Bonchev–Trinajstić information content (AvgIpc) is 3.49. The van der Waals surface area contributed by atoms with E-state index in [0.717, 1.165) is 5.56 Å². The van der Waals surface area contributed by atoms with E-state index in [2.05, 4.69) is 25.7 Å². The maximum absolute atomic E-state index is 14.1. The molecule has 0 unspecified atom stereocenters. The number of benzene rings is 1. The molecule has 3 aromatic heterocycles. The van der Waals surface area contributed by atoms with Gasteiger partial charge < -0.3 is 15.5 Å². The number of carbonyl (C=O) groups is 2. The summed E-state index contributed by atoms with van der Waals surface area (Å²) in [7, 11) is 1.53. The molecule has 1 fully saturated rings. The lowest BCUT2D eigenvalue weighted by molar-refractivity contribution is 0.0932. The molecule has 1 aromatic carbocycles. The summed E-state index contributed by atoms with van der Waals surface area (Å²) in [5.41, 5.74) is 1.66. The number of pyridine rings is 1. The number of hydrogen-bond donors (Lipinski definition) is 2. The molecule has 2 atom stereocenters. The van der Waals surface area contributed by atoms with Crippen molar-refractivity contribution in [2.24, 2.45) is 0 Å². The first-order valence-corrected chi connectivity index (χ1v) is 11.8. The van der Waals surface area contributed by atoms with Gasteiger partial charge in [0.1, 0.15) is 17.3 Å². The largest absolute Gasteiger partial charge is 0.354 e. The Morgan fingerprint density at radius 1 is 1.06 bits per heavy atom. The van der Waals surface area contributed by atoms with Crippen LogP contribution in [0.15, 0.2) is 54.9 Å². The van der Waals surface area contributed by atoms with Crippen molar-refractivity contribution in [2.75, 3.05) is 18.5 Å². The Hall–Kier alpha value is -3.76. The Labute approximate surface area is 215 Å². The standard InChI is InChI=1S/C24H20Cl2FN7O2/c1-28-24(36)20-11-30-21-5-6-22(32-34(20)21)33-12-15(8-19(33)13-3-2-4-14(27)7-13)31-23(35)18-9-16(25)17(26)10-29-18/h2-7,9-11,15,19H,8,12H2,1H3,(H,28,36)(H,31,35)/t15-,19+/m0/s1. The molecule has 184 valence electrons. The first-order chi connectivity index (χ1) is 17.3. The molecule has 4 heterocycles. The number of halogens is 3. The normalized spacial score (nSPS) is 17.4. The van der Waals surface area contributed by atoms with Crippen molar-refractivity contribution >= 4 is 46.5 Å². The maximum atomic E-state index is 14.1. The molecule has 0 radical (unpaired) electrons. The Balaban J connectivity index is 1.48. The highest BCUT2D eigenvalue weighted by Gasteiger charge is 2.36. The number of carbonyl (C=O) groups excluding carboxylic acids is 2. The van der Waals surface area contributed by atoms with E-state index in [4.69, 9.17) is 23.2 Å². The first kappa shape index (κ1) is 24.0. The van der Waals surface area contributed by atoms with Crippen LogP contribution in [0.4, 0.5) is 10.2 Å². The van der Waals surface area contributed by atoms with Gasteiger partial charge in [0.15, 0.2) is 11.3 Å². The van der Waals surface area contributed by atoms with Crippen LogP contribution in [0.2, 0.25) is 10.0 Å². The first-order valence-electron chi connectivity index (χ1n) is 11.0. The lowest BCUT2D eigenvalue weighted by atomic mass is 10.0. The molecule has 12 heteroatoms. The summed E-state index contributed by atoms with van der Waals surface area (Å²) in [5.74, 6) is -0.544. The van der Waals surface area contributed by atoms with Crippen LogP contribution in [0, 0.1) is 5.82 Å². The quantitative estimate of drug-likeness (QED) is 0.410. The number of aromatic nitrogens is 4. The molecule has 36 heavy (non-hydrogen) atoms. The summed E-state index contributed by atoms with van der Waals surface area (Å²) in [6.45, 7) is 0.386. The van der Waals surface area contributed by atoms with Crippen LogP contribution in [0.5, 0.6) is 0 Å². The van der Waals surface area contributed by atoms with Crippen molar-refractivity contribution in [1.29, 1.82) is 0 Å². The van der Waals surface area contributed by atoms with Gasteiger partial charge >= 0.3 is 0 Å². The number of hydrogen-bond acceptors (Lipinski definition) is 6. The third-order valence-electron chi connectivity index (χ3n) is 6.01. The van der Waals surface area contributed by atoms with Crippen LogP contribution in [0.25, 0.3) is 5.65 Å². The van der Waals surface area contributed by atoms with Crippen molar-refractivity contribution in [1.82, 2.24) is 30.2 Å². The van der Waals surface area contributed by atoms with Gasteiger partial charge in [-0.15, -0.1) is 5.10 Å². The molecule has 2 amide bonds. The van der Waals surface area contributed by atoms with E-state index < -0.39 is 5.91 Å². The Bertz CT molecular complexity index is 1480. The van der Waals surface area contributed by atoms with Gasteiger partial charge in [-0.05, 0) is 42.3 Å². The summed E-state index contributed by atoms with van der Waals surface area (Å²) in [4.78, 5) is 35.4. The number of imidazole rings is 1. The summed E-state index contributed by atoms with van der Waals surface area (Å²) < 4.78 is 15.6. The van der Waals surface area contributed by atoms with Crippen molar-refractivity contribution in [2.45, 2.75) is 18.5 Å². The van der Waals surface area contributed by atoms with Crippen LogP contribution >= 0.6 is 23.2 Å². The smallest absolute Gasteiger partial charge is 0.271 e. The predicted octanol–water partition coefficient (Wildman–Crippen LogP) is 3.68. The summed E-state index contributed by atoms with van der Waals surface area (Å²) in [5, 5.41) is 10.7. The van der Waals surface area contributed by atoms with Gasteiger partial charge in [-0.3, -0.25) is 9.59 Å². The van der Waals surface area contributed by atoms with Crippen molar-refractivity contribution < 1.29 is 14.0 Å². The van der Waals surface area contributed by atoms with Crippen molar-refractivity contribution in [3.05, 3.63) is 87.7 Å². The average molecular weight is 528 g/mol. The van der Waals surface area contributed by atoms with E-state index in [1.165, 1.54) is 42.2 Å². The fourth-order valence-corrected chi connectivity index (χ4v) is 4.58.